The number of aromatic carboxylic acids is 1. The molecule has 9 heteroatoms. The van der Waals surface area contributed by atoms with E-state index in [9.17, 15) is 4.79 Å². The minimum absolute atomic E-state index is 0.224. The van der Waals surface area contributed by atoms with Gasteiger partial charge in [-0.05, 0) is 71.4 Å². The second kappa shape index (κ2) is 9.61. The van der Waals surface area contributed by atoms with Gasteiger partial charge in [-0.2, -0.15) is 4.68 Å². The van der Waals surface area contributed by atoms with Crippen LogP contribution in [0.1, 0.15) is 22.8 Å². The Kier molecular flexibility index (Phi) is 6.26. The summed E-state index contributed by atoms with van der Waals surface area (Å²) in [6, 6.07) is 21.9. The minimum atomic E-state index is -0.952. The summed E-state index contributed by atoms with van der Waals surface area (Å²) in [5.74, 6) is 0.107. The molecule has 0 saturated carbocycles. The second-order valence-corrected chi connectivity index (χ2v) is 6.76. The van der Waals surface area contributed by atoms with Crippen molar-refractivity contribution in [3.63, 3.8) is 0 Å². The summed E-state index contributed by atoms with van der Waals surface area (Å²) in [6.45, 7) is 2.88. The van der Waals surface area contributed by atoms with Gasteiger partial charge in [0.15, 0.2) is 11.5 Å². The van der Waals surface area contributed by atoms with E-state index in [1.807, 2.05) is 49.4 Å². The van der Waals surface area contributed by atoms with E-state index in [0.29, 0.717) is 24.7 Å². The predicted molar refractivity (Wildman–Crippen MR) is 118 cm³/mol. The number of carboxylic acid groups (broad SMARTS) is 1. The third-order valence-corrected chi connectivity index (χ3v) is 4.58. The molecule has 0 unspecified atom stereocenters. The van der Waals surface area contributed by atoms with Crippen LogP contribution in [0.2, 0.25) is 0 Å². The van der Waals surface area contributed by atoms with Gasteiger partial charge < -0.3 is 19.9 Å². The van der Waals surface area contributed by atoms with E-state index in [4.69, 9.17) is 14.6 Å². The molecule has 4 aromatic rings. The first-order chi connectivity index (χ1) is 15.6. The molecule has 0 radical (unpaired) electrons. The molecule has 0 aliphatic carbocycles. The molecular weight excluding hydrogens is 410 g/mol. The van der Waals surface area contributed by atoms with Gasteiger partial charge in [-0.1, -0.05) is 29.4 Å². The van der Waals surface area contributed by atoms with Crippen LogP contribution < -0.4 is 14.8 Å². The third kappa shape index (κ3) is 4.84. The van der Waals surface area contributed by atoms with Crippen LogP contribution in [-0.2, 0) is 6.54 Å². The molecule has 0 bridgehead atoms. The molecule has 1 heterocycles. The number of tetrazole rings is 1. The molecule has 162 valence electrons. The Hall–Kier alpha value is -4.40. The zero-order valence-corrected chi connectivity index (χ0v) is 17.3. The van der Waals surface area contributed by atoms with Crippen molar-refractivity contribution in [3.8, 4) is 23.2 Å². The highest BCUT2D eigenvalue weighted by atomic mass is 16.5. The van der Waals surface area contributed by atoms with Gasteiger partial charge in [-0.3, -0.25) is 0 Å². The van der Waals surface area contributed by atoms with E-state index in [1.54, 1.807) is 30.3 Å². The Morgan fingerprint density at radius 2 is 1.81 bits per heavy atom. The average molecular weight is 431 g/mol. The van der Waals surface area contributed by atoms with Crippen molar-refractivity contribution in [2.75, 3.05) is 11.9 Å². The highest BCUT2D eigenvalue weighted by molar-refractivity contribution is 5.88. The number of ether oxygens (including phenoxy) is 2. The number of para-hydroxylation sites is 1. The van der Waals surface area contributed by atoms with E-state index in [0.717, 1.165) is 16.9 Å². The summed E-state index contributed by atoms with van der Waals surface area (Å²) in [4.78, 5) is 11.0. The monoisotopic (exact) mass is 431 g/mol. The molecule has 32 heavy (non-hydrogen) atoms. The predicted octanol–water partition coefficient (Wildman–Crippen LogP) is 4.16. The number of nitrogens with zero attached hydrogens (tertiary/aromatic N) is 4. The van der Waals surface area contributed by atoms with Gasteiger partial charge in [0.2, 0.25) is 0 Å². The first kappa shape index (κ1) is 20.9. The summed E-state index contributed by atoms with van der Waals surface area (Å²) >= 11 is 0. The molecule has 0 atom stereocenters. The molecule has 1 aromatic heterocycles. The lowest BCUT2D eigenvalue weighted by atomic mass is 10.1. The van der Waals surface area contributed by atoms with Gasteiger partial charge in [-0.25, -0.2) is 4.79 Å². The van der Waals surface area contributed by atoms with Crippen LogP contribution in [0.4, 0.5) is 5.69 Å². The van der Waals surface area contributed by atoms with E-state index >= 15 is 0 Å². The van der Waals surface area contributed by atoms with E-state index in [-0.39, 0.29) is 11.6 Å². The molecule has 0 aliphatic rings. The fraction of sp³-hybridized carbons (Fsp3) is 0.130. The van der Waals surface area contributed by atoms with Crippen LogP contribution in [0.25, 0.3) is 5.69 Å². The van der Waals surface area contributed by atoms with Gasteiger partial charge in [0, 0.05) is 12.2 Å². The standard InChI is InChI=1S/C23H21N5O4/c1-2-31-21-14-16(15-24-18-11-9-17(10-12-18)22(29)30)8-13-20(21)32-23-25-26-27-28(23)19-6-4-3-5-7-19/h3-14,24H,2,15H2,1H3,(H,29,30). The lowest BCUT2D eigenvalue weighted by Crippen LogP contribution is -2.04. The van der Waals surface area contributed by atoms with Gasteiger partial charge >= 0.3 is 12.0 Å². The fourth-order valence-electron chi connectivity index (χ4n) is 3.02. The number of benzene rings is 3. The number of rotatable bonds is 9. The first-order valence-electron chi connectivity index (χ1n) is 9.98. The first-order valence-corrected chi connectivity index (χ1v) is 9.98. The van der Waals surface area contributed by atoms with Crippen LogP contribution in [0.3, 0.4) is 0 Å². The Morgan fingerprint density at radius 3 is 2.53 bits per heavy atom. The van der Waals surface area contributed by atoms with E-state index in [1.165, 1.54) is 4.68 Å². The van der Waals surface area contributed by atoms with Crippen molar-refractivity contribution in [1.29, 1.82) is 0 Å². The highest BCUT2D eigenvalue weighted by Crippen LogP contribution is 2.32. The van der Waals surface area contributed by atoms with E-state index < -0.39 is 5.97 Å². The minimum Gasteiger partial charge on any atom is -0.490 e. The molecule has 0 spiro atoms. The quantitative estimate of drug-likeness (QED) is 0.406. The number of carboxylic acids is 1. The lowest BCUT2D eigenvalue weighted by molar-refractivity contribution is 0.0697. The van der Waals surface area contributed by atoms with Crippen molar-refractivity contribution in [2.24, 2.45) is 0 Å². The van der Waals surface area contributed by atoms with Gasteiger partial charge in [-0.15, -0.1) is 0 Å². The zero-order valence-electron chi connectivity index (χ0n) is 17.3. The van der Waals surface area contributed by atoms with E-state index in [2.05, 4.69) is 20.8 Å². The second-order valence-electron chi connectivity index (χ2n) is 6.76. The Bertz CT molecular complexity index is 1190. The van der Waals surface area contributed by atoms with Gasteiger partial charge in [0.1, 0.15) is 0 Å². The van der Waals surface area contributed by atoms with Crippen LogP contribution >= 0.6 is 0 Å². The van der Waals surface area contributed by atoms with Crippen LogP contribution in [-0.4, -0.2) is 37.9 Å². The summed E-state index contributed by atoms with van der Waals surface area (Å²) < 4.78 is 13.2. The summed E-state index contributed by atoms with van der Waals surface area (Å²) in [5, 5.41) is 24.0. The molecule has 0 saturated heterocycles. The van der Waals surface area contributed by atoms with Crippen molar-refractivity contribution < 1.29 is 19.4 Å². The molecule has 2 N–H and O–H groups in total. The average Bonchev–Trinajstić information content (AvgIpc) is 3.28. The van der Waals surface area contributed by atoms with Gasteiger partial charge in [0.25, 0.3) is 0 Å². The maximum atomic E-state index is 11.0. The Morgan fingerprint density at radius 1 is 1.03 bits per heavy atom. The molecule has 0 aliphatic heterocycles. The maximum Gasteiger partial charge on any atom is 0.346 e. The molecule has 0 fully saturated rings. The molecular formula is C23H21N5O4. The SMILES string of the molecule is CCOc1cc(CNc2ccc(C(=O)O)cc2)ccc1Oc1nnnn1-c1ccccc1. The zero-order chi connectivity index (χ0) is 22.3. The topological polar surface area (TPSA) is 111 Å². The van der Waals surface area contributed by atoms with Crippen molar-refractivity contribution in [1.82, 2.24) is 20.2 Å². The number of nitrogens with one attached hydrogen (secondary N) is 1. The summed E-state index contributed by atoms with van der Waals surface area (Å²) in [5.41, 5.74) is 2.80. The number of anilines is 1. The largest absolute Gasteiger partial charge is 0.490 e. The Labute approximate surface area is 184 Å². The number of hydrogen-bond donors (Lipinski definition) is 2. The number of aromatic nitrogens is 4. The smallest absolute Gasteiger partial charge is 0.346 e. The lowest BCUT2D eigenvalue weighted by Gasteiger charge is -2.13. The molecule has 0 amide bonds. The van der Waals surface area contributed by atoms with Crippen molar-refractivity contribution >= 4 is 11.7 Å². The molecule has 4 rings (SSSR count). The van der Waals surface area contributed by atoms with Crippen LogP contribution in [0.15, 0.2) is 72.8 Å². The summed E-state index contributed by atoms with van der Waals surface area (Å²) in [6.07, 6.45) is 0. The fourth-order valence-corrected chi connectivity index (χ4v) is 3.02. The van der Waals surface area contributed by atoms with Crippen LogP contribution in [0.5, 0.6) is 17.5 Å². The van der Waals surface area contributed by atoms with Crippen LogP contribution in [0, 0.1) is 0 Å². The number of hydrogen-bond acceptors (Lipinski definition) is 7. The van der Waals surface area contributed by atoms with Crippen molar-refractivity contribution in [3.05, 3.63) is 83.9 Å². The van der Waals surface area contributed by atoms with Crippen molar-refractivity contribution in [2.45, 2.75) is 13.5 Å². The number of carbonyl (C=O) groups is 1. The Balaban J connectivity index is 1.50. The highest BCUT2D eigenvalue weighted by Gasteiger charge is 2.14. The molecule has 9 nitrogen and oxygen atoms in total. The molecule has 3 aromatic carbocycles. The third-order valence-electron chi connectivity index (χ3n) is 4.58. The van der Waals surface area contributed by atoms with Gasteiger partial charge in [0.05, 0.1) is 17.9 Å². The maximum absolute atomic E-state index is 11.0. The summed E-state index contributed by atoms with van der Waals surface area (Å²) in [7, 11) is 0. The normalized spacial score (nSPS) is 10.5.